The second-order valence-corrected chi connectivity index (χ2v) is 6.22. The molecule has 0 saturated carbocycles. The second kappa shape index (κ2) is 8.62. The molecule has 1 aromatic carbocycles. The Morgan fingerprint density at radius 3 is 2.48 bits per heavy atom. The summed E-state index contributed by atoms with van der Waals surface area (Å²) in [4.78, 5) is 14.1. The third-order valence-corrected chi connectivity index (χ3v) is 3.15. The van der Waals surface area contributed by atoms with Crippen molar-refractivity contribution in [2.24, 2.45) is 0 Å². The zero-order chi connectivity index (χ0) is 17.5. The number of hydrogen-bond donors (Lipinski definition) is 1. The molecule has 0 bridgehead atoms. The minimum atomic E-state index is -0.574. The summed E-state index contributed by atoms with van der Waals surface area (Å²) in [6.45, 7) is 6.65. The summed E-state index contributed by atoms with van der Waals surface area (Å²) in [6.07, 6.45) is 1.21. The number of amides is 1. The van der Waals surface area contributed by atoms with Crippen LogP contribution in [-0.4, -0.2) is 39.1 Å². The highest BCUT2D eigenvalue weighted by Gasteiger charge is 2.25. The number of carbonyl (C=O) groups is 1. The average molecular weight is 324 g/mol. The number of methoxy groups -OCH3 is 2. The van der Waals surface area contributed by atoms with Crippen LogP contribution in [0.25, 0.3) is 0 Å². The zero-order valence-electron chi connectivity index (χ0n) is 14.7. The van der Waals surface area contributed by atoms with Crippen LogP contribution in [0.1, 0.15) is 33.6 Å². The van der Waals surface area contributed by atoms with Crippen molar-refractivity contribution in [2.75, 3.05) is 38.0 Å². The van der Waals surface area contributed by atoms with Gasteiger partial charge in [0.15, 0.2) is 0 Å². The Balaban J connectivity index is 3.01. The van der Waals surface area contributed by atoms with Gasteiger partial charge >= 0.3 is 6.09 Å². The molecule has 0 heterocycles. The molecule has 0 spiro atoms. The number of rotatable bonds is 7. The molecule has 0 radical (unpaired) electrons. The van der Waals surface area contributed by atoms with E-state index in [4.69, 9.17) is 19.9 Å². The van der Waals surface area contributed by atoms with Crippen LogP contribution < -0.4 is 15.4 Å². The molecular formula is C17H28N2O4. The fraction of sp³-hybridized carbons (Fsp3) is 0.588. The van der Waals surface area contributed by atoms with E-state index in [0.29, 0.717) is 30.3 Å². The van der Waals surface area contributed by atoms with E-state index in [2.05, 4.69) is 0 Å². The number of para-hydroxylation sites is 1. The Kier molecular flexibility index (Phi) is 7.16. The van der Waals surface area contributed by atoms with Gasteiger partial charge in [0.25, 0.3) is 0 Å². The van der Waals surface area contributed by atoms with Crippen molar-refractivity contribution in [3.63, 3.8) is 0 Å². The first kappa shape index (κ1) is 19.1. The number of nitrogens with zero attached hydrogens (tertiary/aromatic N) is 1. The fourth-order valence-electron chi connectivity index (χ4n) is 2.09. The van der Waals surface area contributed by atoms with E-state index in [-0.39, 0.29) is 0 Å². The lowest BCUT2D eigenvalue weighted by Crippen LogP contribution is -2.38. The maximum atomic E-state index is 12.6. The molecule has 1 rings (SSSR count). The third kappa shape index (κ3) is 5.98. The Morgan fingerprint density at radius 2 is 1.91 bits per heavy atom. The van der Waals surface area contributed by atoms with Gasteiger partial charge in [-0.2, -0.15) is 0 Å². The van der Waals surface area contributed by atoms with Crippen molar-refractivity contribution in [3.05, 3.63) is 18.2 Å². The predicted octanol–water partition coefficient (Wildman–Crippen LogP) is 3.45. The van der Waals surface area contributed by atoms with Crippen LogP contribution >= 0.6 is 0 Å². The van der Waals surface area contributed by atoms with Gasteiger partial charge in [0, 0.05) is 20.3 Å². The predicted molar refractivity (Wildman–Crippen MR) is 92.1 cm³/mol. The van der Waals surface area contributed by atoms with Gasteiger partial charge in [-0.3, -0.25) is 4.90 Å². The van der Waals surface area contributed by atoms with Crippen LogP contribution in [-0.2, 0) is 9.47 Å². The van der Waals surface area contributed by atoms with Gasteiger partial charge in [-0.25, -0.2) is 4.79 Å². The summed E-state index contributed by atoms with van der Waals surface area (Å²) in [7, 11) is 3.21. The smallest absolute Gasteiger partial charge is 0.414 e. The standard InChI is InChI=1S/C17H28N2O4/c1-17(2,3)23-16(20)19(11-6-7-12-21-4)13-9-8-10-14(22-5)15(13)18/h8-10H,6-7,11-12,18H2,1-5H3. The Hall–Kier alpha value is -1.95. The van der Waals surface area contributed by atoms with Crippen molar-refractivity contribution in [2.45, 2.75) is 39.2 Å². The lowest BCUT2D eigenvalue weighted by Gasteiger charge is -2.28. The van der Waals surface area contributed by atoms with Crippen LogP contribution in [0, 0.1) is 0 Å². The van der Waals surface area contributed by atoms with E-state index < -0.39 is 11.7 Å². The van der Waals surface area contributed by atoms with E-state index in [1.807, 2.05) is 20.8 Å². The molecule has 0 aliphatic rings. The first-order chi connectivity index (χ1) is 10.8. The van der Waals surface area contributed by atoms with Gasteiger partial charge in [0.2, 0.25) is 0 Å². The quantitative estimate of drug-likeness (QED) is 0.614. The molecule has 0 aliphatic carbocycles. The van der Waals surface area contributed by atoms with E-state index in [1.54, 1.807) is 37.3 Å². The van der Waals surface area contributed by atoms with Crippen molar-refractivity contribution in [3.8, 4) is 5.75 Å². The van der Waals surface area contributed by atoms with E-state index in [0.717, 1.165) is 12.8 Å². The number of unbranched alkanes of at least 4 members (excludes halogenated alkanes) is 1. The SMILES string of the molecule is COCCCCN(C(=O)OC(C)(C)C)c1cccc(OC)c1N. The summed E-state index contributed by atoms with van der Waals surface area (Å²) < 4.78 is 15.8. The molecule has 1 aromatic rings. The molecule has 130 valence electrons. The first-order valence-electron chi connectivity index (χ1n) is 7.72. The highest BCUT2D eigenvalue weighted by molar-refractivity contribution is 5.93. The molecule has 0 aliphatic heterocycles. The number of nitrogen functional groups attached to an aromatic ring is 1. The lowest BCUT2D eigenvalue weighted by molar-refractivity contribution is 0.0579. The topological polar surface area (TPSA) is 74.0 Å². The summed E-state index contributed by atoms with van der Waals surface area (Å²) in [5.41, 5.74) is 6.57. The minimum Gasteiger partial charge on any atom is -0.495 e. The van der Waals surface area contributed by atoms with Crippen LogP contribution in [0.3, 0.4) is 0 Å². The number of hydrogen-bond acceptors (Lipinski definition) is 5. The van der Waals surface area contributed by atoms with Gasteiger partial charge in [0.05, 0.1) is 18.5 Å². The molecule has 23 heavy (non-hydrogen) atoms. The molecule has 6 heteroatoms. The van der Waals surface area contributed by atoms with Crippen LogP contribution in [0.15, 0.2) is 18.2 Å². The number of nitrogens with two attached hydrogens (primary N) is 1. The summed E-state index contributed by atoms with van der Waals surface area (Å²) in [6, 6.07) is 5.35. The van der Waals surface area contributed by atoms with Crippen molar-refractivity contribution in [1.82, 2.24) is 0 Å². The maximum absolute atomic E-state index is 12.6. The van der Waals surface area contributed by atoms with Crippen molar-refractivity contribution < 1.29 is 19.0 Å². The number of anilines is 2. The molecule has 6 nitrogen and oxygen atoms in total. The monoisotopic (exact) mass is 324 g/mol. The van der Waals surface area contributed by atoms with Gasteiger partial charge in [-0.15, -0.1) is 0 Å². The first-order valence-corrected chi connectivity index (χ1v) is 7.72. The Bertz CT molecular complexity index is 512. The number of carbonyl (C=O) groups excluding carboxylic acids is 1. The minimum absolute atomic E-state index is 0.421. The Morgan fingerprint density at radius 1 is 1.22 bits per heavy atom. The van der Waals surface area contributed by atoms with Crippen molar-refractivity contribution >= 4 is 17.5 Å². The zero-order valence-corrected chi connectivity index (χ0v) is 14.7. The Labute approximate surface area is 138 Å². The molecule has 0 unspecified atom stereocenters. The molecule has 0 atom stereocenters. The number of ether oxygens (including phenoxy) is 3. The van der Waals surface area contributed by atoms with Gasteiger partial charge < -0.3 is 19.9 Å². The molecular weight excluding hydrogens is 296 g/mol. The normalized spacial score (nSPS) is 11.2. The lowest BCUT2D eigenvalue weighted by atomic mass is 10.2. The van der Waals surface area contributed by atoms with Gasteiger partial charge in [-0.05, 0) is 45.7 Å². The molecule has 0 fully saturated rings. The highest BCUT2D eigenvalue weighted by atomic mass is 16.6. The van der Waals surface area contributed by atoms with E-state index in [9.17, 15) is 4.79 Å². The van der Waals surface area contributed by atoms with E-state index in [1.165, 1.54) is 0 Å². The van der Waals surface area contributed by atoms with Crippen LogP contribution in [0.5, 0.6) is 5.75 Å². The highest BCUT2D eigenvalue weighted by Crippen LogP contribution is 2.33. The largest absolute Gasteiger partial charge is 0.495 e. The summed E-state index contributed by atoms with van der Waals surface area (Å²) >= 11 is 0. The average Bonchev–Trinajstić information content (AvgIpc) is 2.46. The second-order valence-electron chi connectivity index (χ2n) is 6.22. The molecule has 1 amide bonds. The molecule has 0 saturated heterocycles. The van der Waals surface area contributed by atoms with Crippen LogP contribution in [0.4, 0.5) is 16.2 Å². The number of benzene rings is 1. The van der Waals surface area contributed by atoms with E-state index >= 15 is 0 Å². The van der Waals surface area contributed by atoms with Crippen LogP contribution in [0.2, 0.25) is 0 Å². The molecule has 2 N–H and O–H groups in total. The maximum Gasteiger partial charge on any atom is 0.414 e. The van der Waals surface area contributed by atoms with Gasteiger partial charge in [-0.1, -0.05) is 6.07 Å². The molecule has 0 aromatic heterocycles. The van der Waals surface area contributed by atoms with Gasteiger partial charge in [0.1, 0.15) is 11.4 Å². The third-order valence-electron chi connectivity index (χ3n) is 3.15. The van der Waals surface area contributed by atoms with Crippen molar-refractivity contribution in [1.29, 1.82) is 0 Å². The summed E-state index contributed by atoms with van der Waals surface area (Å²) in [5.74, 6) is 0.535. The summed E-state index contributed by atoms with van der Waals surface area (Å²) in [5, 5.41) is 0. The fourth-order valence-corrected chi connectivity index (χ4v) is 2.09.